The van der Waals surface area contributed by atoms with Crippen LogP contribution in [0.1, 0.15) is 17.0 Å². The molecule has 2 aromatic heterocycles. The van der Waals surface area contributed by atoms with E-state index in [1.54, 1.807) is 25.1 Å². The molecule has 0 unspecified atom stereocenters. The number of rotatable bonds is 4. The Morgan fingerprint density at radius 2 is 1.96 bits per heavy atom. The summed E-state index contributed by atoms with van der Waals surface area (Å²) in [5, 5.41) is 11.0. The minimum atomic E-state index is -0.453. The van der Waals surface area contributed by atoms with Gasteiger partial charge in [0.2, 0.25) is 0 Å². The minimum Gasteiger partial charge on any atom is -0.487 e. The van der Waals surface area contributed by atoms with E-state index in [1.807, 2.05) is 19.1 Å². The van der Waals surface area contributed by atoms with Crippen LogP contribution >= 0.6 is 0 Å². The molecule has 7 heteroatoms. The van der Waals surface area contributed by atoms with Crippen LogP contribution in [0.2, 0.25) is 0 Å². The standard InChI is InChI=1S/C17H15N3O4/c1-11-5-3-8-16-18-13(9-17(21)19(11)16)10-24-15-7-4-6-14(12(15)2)20(22)23/h3-9H,10H2,1-2H3. The van der Waals surface area contributed by atoms with Gasteiger partial charge in [0, 0.05) is 17.8 Å². The molecule has 0 bridgehead atoms. The highest BCUT2D eigenvalue weighted by Crippen LogP contribution is 2.27. The number of nitro groups is 1. The molecule has 7 nitrogen and oxygen atoms in total. The zero-order chi connectivity index (χ0) is 17.3. The highest BCUT2D eigenvalue weighted by atomic mass is 16.6. The van der Waals surface area contributed by atoms with Crippen LogP contribution in [0.25, 0.3) is 5.65 Å². The number of nitrogens with zero attached hydrogens (tertiary/aromatic N) is 3. The highest BCUT2D eigenvalue weighted by Gasteiger charge is 2.14. The summed E-state index contributed by atoms with van der Waals surface area (Å²) in [6.07, 6.45) is 0. The van der Waals surface area contributed by atoms with Gasteiger partial charge in [-0.1, -0.05) is 12.1 Å². The fraction of sp³-hybridized carbons (Fsp3) is 0.176. The number of ether oxygens (including phenoxy) is 1. The number of hydrogen-bond acceptors (Lipinski definition) is 5. The quantitative estimate of drug-likeness (QED) is 0.544. The molecule has 0 N–H and O–H groups in total. The third-order valence-corrected chi connectivity index (χ3v) is 3.76. The number of hydrogen-bond donors (Lipinski definition) is 0. The Balaban J connectivity index is 1.91. The topological polar surface area (TPSA) is 86.7 Å². The van der Waals surface area contributed by atoms with Crippen molar-refractivity contribution >= 4 is 11.3 Å². The molecule has 0 aliphatic rings. The molecule has 0 spiro atoms. The van der Waals surface area contributed by atoms with Crippen LogP contribution in [-0.2, 0) is 6.61 Å². The molecular formula is C17H15N3O4. The Morgan fingerprint density at radius 3 is 2.71 bits per heavy atom. The summed E-state index contributed by atoms with van der Waals surface area (Å²) in [7, 11) is 0. The molecule has 0 atom stereocenters. The summed E-state index contributed by atoms with van der Waals surface area (Å²) in [5.41, 5.74) is 2.05. The number of aryl methyl sites for hydroxylation is 1. The number of aromatic nitrogens is 2. The second kappa shape index (κ2) is 6.11. The van der Waals surface area contributed by atoms with Crippen molar-refractivity contribution in [2.75, 3.05) is 0 Å². The summed E-state index contributed by atoms with van der Waals surface area (Å²) < 4.78 is 7.15. The summed E-state index contributed by atoms with van der Waals surface area (Å²) in [6.45, 7) is 3.51. The Labute approximate surface area is 137 Å². The fourth-order valence-corrected chi connectivity index (χ4v) is 2.55. The largest absolute Gasteiger partial charge is 0.487 e. The van der Waals surface area contributed by atoms with Gasteiger partial charge in [-0.2, -0.15) is 0 Å². The summed E-state index contributed by atoms with van der Waals surface area (Å²) in [6, 6.07) is 11.5. The van der Waals surface area contributed by atoms with Crippen LogP contribution in [0.15, 0.2) is 47.3 Å². The fourth-order valence-electron chi connectivity index (χ4n) is 2.55. The van der Waals surface area contributed by atoms with Gasteiger partial charge in [-0.3, -0.25) is 19.3 Å². The van der Waals surface area contributed by atoms with Crippen molar-refractivity contribution in [1.82, 2.24) is 9.38 Å². The number of fused-ring (bicyclic) bond motifs is 1. The zero-order valence-corrected chi connectivity index (χ0v) is 13.2. The Hall–Kier alpha value is -3.22. The zero-order valence-electron chi connectivity index (χ0n) is 13.2. The lowest BCUT2D eigenvalue weighted by atomic mass is 10.2. The molecule has 3 rings (SSSR count). The first-order chi connectivity index (χ1) is 11.5. The van der Waals surface area contributed by atoms with E-state index in [4.69, 9.17) is 4.74 Å². The van der Waals surface area contributed by atoms with E-state index < -0.39 is 4.92 Å². The Kier molecular flexibility index (Phi) is 3.99. The molecule has 0 aliphatic carbocycles. The van der Waals surface area contributed by atoms with Crippen LogP contribution < -0.4 is 10.3 Å². The Morgan fingerprint density at radius 1 is 1.21 bits per heavy atom. The number of pyridine rings is 1. The average molecular weight is 325 g/mol. The molecule has 3 aromatic rings. The van der Waals surface area contributed by atoms with Crippen LogP contribution in [0.5, 0.6) is 5.75 Å². The van der Waals surface area contributed by atoms with Crippen LogP contribution in [-0.4, -0.2) is 14.3 Å². The van der Waals surface area contributed by atoms with E-state index in [0.717, 1.165) is 5.69 Å². The van der Waals surface area contributed by atoms with Crippen molar-refractivity contribution in [2.24, 2.45) is 0 Å². The highest BCUT2D eigenvalue weighted by molar-refractivity contribution is 5.48. The number of benzene rings is 1. The van der Waals surface area contributed by atoms with Gasteiger partial charge in [-0.05, 0) is 32.0 Å². The van der Waals surface area contributed by atoms with Crippen molar-refractivity contribution in [1.29, 1.82) is 0 Å². The first-order valence-electron chi connectivity index (χ1n) is 7.32. The number of nitro benzene ring substituents is 1. The SMILES string of the molecule is Cc1c(OCc2cc(=O)n3c(C)cccc3n2)cccc1[N+](=O)[O-]. The van der Waals surface area contributed by atoms with E-state index in [-0.39, 0.29) is 17.9 Å². The molecule has 0 aliphatic heterocycles. The first-order valence-corrected chi connectivity index (χ1v) is 7.32. The third kappa shape index (κ3) is 2.83. The summed E-state index contributed by atoms with van der Waals surface area (Å²) in [4.78, 5) is 27.1. The van der Waals surface area contributed by atoms with E-state index in [0.29, 0.717) is 22.7 Å². The average Bonchev–Trinajstić information content (AvgIpc) is 2.53. The second-order valence-electron chi connectivity index (χ2n) is 5.39. The van der Waals surface area contributed by atoms with Gasteiger partial charge in [-0.25, -0.2) is 4.98 Å². The molecule has 0 radical (unpaired) electrons. The van der Waals surface area contributed by atoms with Crippen LogP contribution in [0, 0.1) is 24.0 Å². The van der Waals surface area contributed by atoms with Gasteiger partial charge < -0.3 is 4.74 Å². The van der Waals surface area contributed by atoms with Gasteiger partial charge in [0.1, 0.15) is 18.0 Å². The molecule has 0 amide bonds. The maximum absolute atomic E-state index is 12.2. The maximum Gasteiger partial charge on any atom is 0.276 e. The minimum absolute atomic E-state index is 0.00494. The molecule has 1 aromatic carbocycles. The molecule has 2 heterocycles. The smallest absolute Gasteiger partial charge is 0.276 e. The normalized spacial score (nSPS) is 10.8. The van der Waals surface area contributed by atoms with E-state index >= 15 is 0 Å². The van der Waals surface area contributed by atoms with Crippen molar-refractivity contribution in [3.8, 4) is 5.75 Å². The molecule has 24 heavy (non-hydrogen) atoms. The van der Waals surface area contributed by atoms with Crippen LogP contribution in [0.3, 0.4) is 0 Å². The molecule has 0 saturated heterocycles. The van der Waals surface area contributed by atoms with Crippen molar-refractivity contribution in [3.63, 3.8) is 0 Å². The van der Waals surface area contributed by atoms with Gasteiger partial charge in [0.05, 0.1) is 16.2 Å². The molecule has 122 valence electrons. The van der Waals surface area contributed by atoms with Crippen molar-refractivity contribution in [3.05, 3.63) is 79.9 Å². The van der Waals surface area contributed by atoms with Gasteiger partial charge in [0.15, 0.2) is 0 Å². The van der Waals surface area contributed by atoms with Crippen molar-refractivity contribution < 1.29 is 9.66 Å². The monoisotopic (exact) mass is 325 g/mol. The molecule has 0 saturated carbocycles. The van der Waals surface area contributed by atoms with E-state index in [2.05, 4.69) is 4.98 Å². The second-order valence-corrected chi connectivity index (χ2v) is 5.39. The maximum atomic E-state index is 12.2. The predicted molar refractivity (Wildman–Crippen MR) is 88.4 cm³/mol. The Bertz CT molecular complexity index is 995. The first kappa shape index (κ1) is 15.7. The third-order valence-electron chi connectivity index (χ3n) is 3.76. The van der Waals surface area contributed by atoms with Gasteiger partial charge in [-0.15, -0.1) is 0 Å². The summed E-state index contributed by atoms with van der Waals surface area (Å²) >= 11 is 0. The summed E-state index contributed by atoms with van der Waals surface area (Å²) in [5.74, 6) is 0.399. The molecular weight excluding hydrogens is 310 g/mol. The van der Waals surface area contributed by atoms with Gasteiger partial charge >= 0.3 is 0 Å². The van der Waals surface area contributed by atoms with Gasteiger partial charge in [0.25, 0.3) is 11.2 Å². The lowest BCUT2D eigenvalue weighted by molar-refractivity contribution is -0.385. The predicted octanol–water partition coefficient (Wildman–Crippen LogP) is 2.80. The van der Waals surface area contributed by atoms with Crippen LogP contribution in [0.4, 0.5) is 5.69 Å². The van der Waals surface area contributed by atoms with E-state index in [9.17, 15) is 14.9 Å². The van der Waals surface area contributed by atoms with E-state index in [1.165, 1.54) is 16.5 Å². The lowest BCUT2D eigenvalue weighted by Gasteiger charge is -2.10. The van der Waals surface area contributed by atoms with Crippen molar-refractivity contribution in [2.45, 2.75) is 20.5 Å². The lowest BCUT2D eigenvalue weighted by Crippen LogP contribution is -2.18. The molecule has 0 fully saturated rings.